The van der Waals surface area contributed by atoms with Crippen LogP contribution >= 0.6 is 34.8 Å². The Hall–Kier alpha value is -1.23. The summed E-state index contributed by atoms with van der Waals surface area (Å²) in [5.41, 5.74) is 5.70. The zero-order valence-corrected chi connectivity index (χ0v) is 11.1. The molecule has 0 bridgehead atoms. The van der Waals surface area contributed by atoms with Crippen molar-refractivity contribution in [3.63, 3.8) is 0 Å². The highest BCUT2D eigenvalue weighted by Gasteiger charge is 2.11. The summed E-state index contributed by atoms with van der Waals surface area (Å²) in [5, 5.41) is 3.17. The van der Waals surface area contributed by atoms with Gasteiger partial charge in [-0.3, -0.25) is 0 Å². The normalized spacial score (nSPS) is 10.4. The maximum atomic E-state index is 13.7. The Bertz CT molecular complexity index is 604. The Balaban J connectivity index is 2.40. The minimum Gasteiger partial charge on any atom is -0.382 e. The summed E-state index contributed by atoms with van der Waals surface area (Å²) in [7, 11) is 0. The van der Waals surface area contributed by atoms with Gasteiger partial charge in [-0.25, -0.2) is 9.37 Å². The lowest BCUT2D eigenvalue weighted by atomic mass is 10.3. The van der Waals surface area contributed by atoms with Gasteiger partial charge in [0.15, 0.2) is 11.6 Å². The zero-order valence-electron chi connectivity index (χ0n) is 8.85. The lowest BCUT2D eigenvalue weighted by molar-refractivity contribution is 0.632. The minimum atomic E-state index is -0.592. The van der Waals surface area contributed by atoms with Gasteiger partial charge in [-0.15, -0.1) is 0 Å². The molecule has 7 heteroatoms. The third-order valence-electron chi connectivity index (χ3n) is 2.16. The van der Waals surface area contributed by atoms with E-state index < -0.39 is 5.82 Å². The first kappa shape index (κ1) is 13.2. The van der Waals surface area contributed by atoms with Crippen LogP contribution in [-0.4, -0.2) is 4.98 Å². The van der Waals surface area contributed by atoms with Gasteiger partial charge in [-0.1, -0.05) is 40.9 Å². The SMILES string of the molecule is Nc1nc(Nc2cccc(Cl)c2F)c(Cl)cc1Cl. The van der Waals surface area contributed by atoms with Crippen LogP contribution in [0.4, 0.5) is 21.7 Å². The van der Waals surface area contributed by atoms with Gasteiger partial charge in [-0.2, -0.15) is 0 Å². The van der Waals surface area contributed by atoms with Crippen LogP contribution in [0.1, 0.15) is 0 Å². The number of hydrogen-bond acceptors (Lipinski definition) is 3. The molecule has 0 fully saturated rings. The van der Waals surface area contributed by atoms with Crippen LogP contribution in [0, 0.1) is 5.82 Å². The molecule has 0 saturated carbocycles. The molecule has 0 atom stereocenters. The second-order valence-electron chi connectivity index (χ2n) is 3.41. The molecule has 1 heterocycles. The molecule has 0 aliphatic carbocycles. The van der Waals surface area contributed by atoms with Gasteiger partial charge >= 0.3 is 0 Å². The van der Waals surface area contributed by atoms with Crippen LogP contribution in [0.15, 0.2) is 24.3 Å². The van der Waals surface area contributed by atoms with Gasteiger partial charge in [0, 0.05) is 0 Å². The van der Waals surface area contributed by atoms with Crippen molar-refractivity contribution < 1.29 is 4.39 Å². The third-order valence-corrected chi connectivity index (χ3v) is 3.04. The number of benzene rings is 1. The number of hydrogen-bond donors (Lipinski definition) is 2. The standard InChI is InChI=1S/C11H7Cl3FN3/c12-5-2-1-3-8(9(5)15)17-11-7(14)4-6(13)10(16)18-11/h1-4H,(H3,16,17,18). The minimum absolute atomic E-state index is 0.00180. The fourth-order valence-electron chi connectivity index (χ4n) is 1.30. The fraction of sp³-hybridized carbons (Fsp3) is 0. The Morgan fingerprint density at radius 3 is 2.56 bits per heavy atom. The molecule has 1 aromatic heterocycles. The Labute approximate surface area is 118 Å². The van der Waals surface area contributed by atoms with E-state index >= 15 is 0 Å². The summed E-state index contributed by atoms with van der Waals surface area (Å²) in [6, 6.07) is 5.97. The lowest BCUT2D eigenvalue weighted by Crippen LogP contribution is -2.00. The monoisotopic (exact) mass is 305 g/mol. The second-order valence-corrected chi connectivity index (χ2v) is 4.63. The van der Waals surface area contributed by atoms with E-state index in [2.05, 4.69) is 10.3 Å². The molecule has 0 saturated heterocycles. The largest absolute Gasteiger partial charge is 0.382 e. The molecule has 18 heavy (non-hydrogen) atoms. The summed E-state index contributed by atoms with van der Waals surface area (Å²) in [6.07, 6.45) is 0. The predicted molar refractivity (Wildman–Crippen MR) is 73.4 cm³/mol. The first-order chi connectivity index (χ1) is 8.49. The van der Waals surface area contributed by atoms with Crippen molar-refractivity contribution in [2.75, 3.05) is 11.1 Å². The summed E-state index contributed by atoms with van der Waals surface area (Å²) < 4.78 is 13.7. The van der Waals surface area contributed by atoms with Gasteiger partial charge in [0.25, 0.3) is 0 Å². The molecule has 0 unspecified atom stereocenters. The number of nitrogens with zero attached hydrogens (tertiary/aromatic N) is 1. The van der Waals surface area contributed by atoms with E-state index in [9.17, 15) is 4.39 Å². The Morgan fingerprint density at radius 1 is 1.11 bits per heavy atom. The van der Waals surface area contributed by atoms with E-state index in [-0.39, 0.29) is 32.4 Å². The molecule has 3 N–H and O–H groups in total. The number of halogens is 4. The molecule has 0 radical (unpaired) electrons. The first-order valence-electron chi connectivity index (χ1n) is 4.81. The highest BCUT2D eigenvalue weighted by atomic mass is 35.5. The smallest absolute Gasteiger partial charge is 0.165 e. The number of pyridine rings is 1. The summed E-state index contributed by atoms with van der Waals surface area (Å²) >= 11 is 17.3. The highest BCUT2D eigenvalue weighted by molar-refractivity contribution is 6.37. The van der Waals surface area contributed by atoms with Gasteiger partial charge in [0.1, 0.15) is 5.82 Å². The number of rotatable bonds is 2. The average Bonchev–Trinajstić information content (AvgIpc) is 2.32. The summed E-state index contributed by atoms with van der Waals surface area (Å²) in [4.78, 5) is 3.93. The molecule has 94 valence electrons. The number of nitrogens with one attached hydrogen (secondary N) is 1. The Morgan fingerprint density at radius 2 is 1.83 bits per heavy atom. The van der Waals surface area contributed by atoms with Crippen molar-refractivity contribution >= 4 is 52.1 Å². The van der Waals surface area contributed by atoms with E-state index in [0.717, 1.165) is 0 Å². The third kappa shape index (κ3) is 2.61. The van der Waals surface area contributed by atoms with Gasteiger partial charge in [0.05, 0.1) is 20.8 Å². The van der Waals surface area contributed by atoms with E-state index in [1.807, 2.05) is 0 Å². The van der Waals surface area contributed by atoms with Crippen molar-refractivity contribution in [3.05, 3.63) is 45.2 Å². The van der Waals surface area contributed by atoms with Crippen molar-refractivity contribution in [2.45, 2.75) is 0 Å². The zero-order chi connectivity index (χ0) is 13.3. The first-order valence-corrected chi connectivity index (χ1v) is 5.95. The highest BCUT2D eigenvalue weighted by Crippen LogP contribution is 2.31. The molecule has 2 aromatic rings. The van der Waals surface area contributed by atoms with Crippen LogP contribution in [0.3, 0.4) is 0 Å². The topological polar surface area (TPSA) is 50.9 Å². The number of anilines is 3. The molecule has 0 aliphatic heterocycles. The van der Waals surface area contributed by atoms with Gasteiger partial charge in [0.2, 0.25) is 0 Å². The van der Waals surface area contributed by atoms with Crippen molar-refractivity contribution in [1.29, 1.82) is 0 Å². The molecule has 1 aromatic carbocycles. The molecule has 0 aliphatic rings. The van der Waals surface area contributed by atoms with Crippen LogP contribution in [-0.2, 0) is 0 Å². The van der Waals surface area contributed by atoms with E-state index in [1.54, 1.807) is 6.07 Å². The van der Waals surface area contributed by atoms with Gasteiger partial charge < -0.3 is 11.1 Å². The maximum absolute atomic E-state index is 13.7. The van der Waals surface area contributed by atoms with E-state index in [4.69, 9.17) is 40.5 Å². The maximum Gasteiger partial charge on any atom is 0.165 e. The number of aromatic nitrogens is 1. The second kappa shape index (κ2) is 5.18. The van der Waals surface area contributed by atoms with E-state index in [1.165, 1.54) is 18.2 Å². The molecule has 3 nitrogen and oxygen atoms in total. The Kier molecular flexibility index (Phi) is 3.80. The van der Waals surface area contributed by atoms with Gasteiger partial charge in [-0.05, 0) is 18.2 Å². The quantitative estimate of drug-likeness (QED) is 0.858. The molecule has 2 rings (SSSR count). The van der Waals surface area contributed by atoms with Crippen molar-refractivity contribution in [2.24, 2.45) is 0 Å². The molecule has 0 spiro atoms. The molecular formula is C11H7Cl3FN3. The van der Waals surface area contributed by atoms with Crippen LogP contribution in [0.25, 0.3) is 0 Å². The predicted octanol–water partition coefficient (Wildman–Crippen LogP) is 4.51. The van der Waals surface area contributed by atoms with Crippen LogP contribution in [0.2, 0.25) is 15.1 Å². The summed E-state index contributed by atoms with van der Waals surface area (Å²) in [5.74, 6) is -0.281. The molecule has 0 amide bonds. The summed E-state index contributed by atoms with van der Waals surface area (Å²) in [6.45, 7) is 0. The van der Waals surface area contributed by atoms with Crippen LogP contribution in [0.5, 0.6) is 0 Å². The fourth-order valence-corrected chi connectivity index (χ4v) is 1.88. The lowest BCUT2D eigenvalue weighted by Gasteiger charge is -2.10. The number of nitrogens with two attached hydrogens (primary N) is 1. The molecular weight excluding hydrogens is 299 g/mol. The van der Waals surface area contributed by atoms with Crippen molar-refractivity contribution in [3.8, 4) is 0 Å². The van der Waals surface area contributed by atoms with Crippen molar-refractivity contribution in [1.82, 2.24) is 4.98 Å². The number of nitrogen functional groups attached to an aromatic ring is 1. The van der Waals surface area contributed by atoms with E-state index in [0.29, 0.717) is 0 Å². The average molecular weight is 307 g/mol. The van der Waals surface area contributed by atoms with Crippen LogP contribution < -0.4 is 11.1 Å².